The fourth-order valence-electron chi connectivity index (χ4n) is 1.69. The third-order valence-corrected chi connectivity index (χ3v) is 3.61. The van der Waals surface area contributed by atoms with Gasteiger partial charge in [-0.1, -0.05) is 29.3 Å². The van der Waals surface area contributed by atoms with Crippen LogP contribution < -0.4 is 10.1 Å². The molecule has 0 aliphatic heterocycles. The highest BCUT2D eigenvalue weighted by molar-refractivity contribution is 6.42. The summed E-state index contributed by atoms with van der Waals surface area (Å²) in [6.07, 6.45) is 3.47. The Morgan fingerprint density at radius 1 is 1.14 bits per heavy atom. The molecule has 0 radical (unpaired) electrons. The maximum absolute atomic E-state index is 6.16. The summed E-state index contributed by atoms with van der Waals surface area (Å²) in [5.41, 5.74) is 0.976. The molecular formula is C16H18Cl2N2O. The standard InChI is InChI=1S/C16H18Cl2N2O/c1-16(2,3)20-10-11-9-19-8-7-13(11)21-14-6-4-5-12(17)15(14)18/h4-9,20H,10H2,1-3H3. The summed E-state index contributed by atoms with van der Waals surface area (Å²) < 4.78 is 5.89. The Labute approximate surface area is 135 Å². The molecule has 0 saturated carbocycles. The lowest BCUT2D eigenvalue weighted by Gasteiger charge is -2.21. The second-order valence-electron chi connectivity index (χ2n) is 5.74. The van der Waals surface area contributed by atoms with Gasteiger partial charge in [0.15, 0.2) is 0 Å². The first-order chi connectivity index (χ1) is 9.87. The number of halogens is 2. The third-order valence-electron chi connectivity index (χ3n) is 2.80. The Kier molecular flexibility index (Phi) is 5.09. The van der Waals surface area contributed by atoms with E-state index < -0.39 is 0 Å². The molecule has 1 N–H and O–H groups in total. The van der Waals surface area contributed by atoms with Crippen LogP contribution >= 0.6 is 23.2 Å². The highest BCUT2D eigenvalue weighted by Gasteiger charge is 2.13. The van der Waals surface area contributed by atoms with Crippen molar-refractivity contribution in [1.29, 1.82) is 0 Å². The van der Waals surface area contributed by atoms with Crippen LogP contribution in [0, 0.1) is 0 Å². The van der Waals surface area contributed by atoms with Crippen LogP contribution in [0.2, 0.25) is 10.0 Å². The molecule has 112 valence electrons. The summed E-state index contributed by atoms with van der Waals surface area (Å²) in [5.74, 6) is 1.25. The summed E-state index contributed by atoms with van der Waals surface area (Å²) in [6.45, 7) is 6.98. The first-order valence-corrected chi connectivity index (χ1v) is 7.42. The zero-order valence-corrected chi connectivity index (χ0v) is 13.8. The van der Waals surface area contributed by atoms with Crippen molar-refractivity contribution in [1.82, 2.24) is 10.3 Å². The molecule has 21 heavy (non-hydrogen) atoms. The molecule has 0 amide bonds. The van der Waals surface area contributed by atoms with E-state index in [1.54, 1.807) is 30.6 Å². The lowest BCUT2D eigenvalue weighted by atomic mass is 10.1. The SMILES string of the molecule is CC(C)(C)NCc1cnccc1Oc1cccc(Cl)c1Cl. The number of rotatable bonds is 4. The minimum absolute atomic E-state index is 0.0147. The molecule has 2 rings (SSSR count). The summed E-state index contributed by atoms with van der Waals surface area (Å²) in [7, 11) is 0. The summed E-state index contributed by atoms with van der Waals surface area (Å²) in [6, 6.07) is 7.13. The molecule has 0 fully saturated rings. The molecule has 0 spiro atoms. The fraction of sp³-hybridized carbons (Fsp3) is 0.312. The molecule has 0 aliphatic carbocycles. The second-order valence-corrected chi connectivity index (χ2v) is 6.53. The number of ether oxygens (including phenoxy) is 1. The van der Waals surface area contributed by atoms with E-state index in [1.807, 2.05) is 6.07 Å². The van der Waals surface area contributed by atoms with Gasteiger partial charge in [0, 0.05) is 30.0 Å². The Hall–Kier alpha value is -1.29. The molecule has 2 aromatic rings. The minimum Gasteiger partial charge on any atom is -0.455 e. The number of aromatic nitrogens is 1. The van der Waals surface area contributed by atoms with Gasteiger partial charge in [-0.05, 0) is 39.0 Å². The van der Waals surface area contributed by atoms with Crippen molar-refractivity contribution in [2.75, 3.05) is 0 Å². The predicted octanol–water partition coefficient (Wildman–Crippen LogP) is 5.07. The lowest BCUT2D eigenvalue weighted by Crippen LogP contribution is -2.35. The zero-order valence-electron chi connectivity index (χ0n) is 12.3. The fourth-order valence-corrected chi connectivity index (χ4v) is 2.02. The van der Waals surface area contributed by atoms with Gasteiger partial charge in [0.05, 0.1) is 5.02 Å². The Morgan fingerprint density at radius 2 is 1.90 bits per heavy atom. The number of nitrogens with zero attached hydrogens (tertiary/aromatic N) is 1. The van der Waals surface area contributed by atoms with Crippen molar-refractivity contribution in [2.24, 2.45) is 0 Å². The number of hydrogen-bond acceptors (Lipinski definition) is 3. The second kappa shape index (κ2) is 6.65. The van der Waals surface area contributed by atoms with E-state index in [1.165, 1.54) is 0 Å². The van der Waals surface area contributed by atoms with Gasteiger partial charge in [0.1, 0.15) is 16.5 Å². The molecule has 0 unspecified atom stereocenters. The van der Waals surface area contributed by atoms with Gasteiger partial charge in [0.25, 0.3) is 0 Å². The molecule has 5 heteroatoms. The molecule has 1 aromatic heterocycles. The zero-order chi connectivity index (χ0) is 15.5. The quantitative estimate of drug-likeness (QED) is 0.852. The van der Waals surface area contributed by atoms with E-state index in [0.717, 1.165) is 5.56 Å². The van der Waals surface area contributed by atoms with E-state index in [-0.39, 0.29) is 5.54 Å². The molecule has 0 bridgehead atoms. The summed E-state index contributed by atoms with van der Waals surface area (Å²) in [4.78, 5) is 4.15. The Morgan fingerprint density at radius 3 is 2.62 bits per heavy atom. The highest BCUT2D eigenvalue weighted by atomic mass is 35.5. The predicted molar refractivity (Wildman–Crippen MR) is 87.4 cm³/mol. The molecule has 0 atom stereocenters. The molecule has 3 nitrogen and oxygen atoms in total. The maximum atomic E-state index is 6.16. The largest absolute Gasteiger partial charge is 0.455 e. The number of nitrogens with one attached hydrogen (secondary N) is 1. The third kappa shape index (κ3) is 4.60. The van der Waals surface area contributed by atoms with Crippen LogP contribution in [0.25, 0.3) is 0 Å². The topological polar surface area (TPSA) is 34.2 Å². The maximum Gasteiger partial charge on any atom is 0.147 e. The van der Waals surface area contributed by atoms with Gasteiger partial charge in [0.2, 0.25) is 0 Å². The first kappa shape index (κ1) is 16.1. The normalized spacial score (nSPS) is 11.5. The average Bonchev–Trinajstić information content (AvgIpc) is 2.42. The van der Waals surface area contributed by atoms with Crippen molar-refractivity contribution in [3.63, 3.8) is 0 Å². The van der Waals surface area contributed by atoms with E-state index in [2.05, 4.69) is 31.1 Å². The Balaban J connectivity index is 2.22. The van der Waals surface area contributed by atoms with E-state index in [9.17, 15) is 0 Å². The average molecular weight is 325 g/mol. The van der Waals surface area contributed by atoms with Crippen LogP contribution in [-0.4, -0.2) is 10.5 Å². The van der Waals surface area contributed by atoms with E-state index in [4.69, 9.17) is 27.9 Å². The van der Waals surface area contributed by atoms with Crippen molar-refractivity contribution in [3.8, 4) is 11.5 Å². The molecule has 1 aromatic carbocycles. The van der Waals surface area contributed by atoms with Crippen LogP contribution in [0.15, 0.2) is 36.7 Å². The van der Waals surface area contributed by atoms with Crippen molar-refractivity contribution >= 4 is 23.2 Å². The van der Waals surface area contributed by atoms with Gasteiger partial charge in [-0.3, -0.25) is 4.98 Å². The molecule has 0 aliphatic rings. The summed E-state index contributed by atoms with van der Waals surface area (Å²) >= 11 is 12.2. The van der Waals surface area contributed by atoms with Crippen LogP contribution in [0.4, 0.5) is 0 Å². The van der Waals surface area contributed by atoms with Crippen molar-refractivity contribution in [3.05, 3.63) is 52.3 Å². The minimum atomic E-state index is 0.0147. The first-order valence-electron chi connectivity index (χ1n) is 6.66. The molecule has 1 heterocycles. The Bertz CT molecular complexity index is 624. The number of hydrogen-bond donors (Lipinski definition) is 1. The smallest absolute Gasteiger partial charge is 0.147 e. The lowest BCUT2D eigenvalue weighted by molar-refractivity contribution is 0.413. The monoisotopic (exact) mass is 324 g/mol. The molecular weight excluding hydrogens is 307 g/mol. The van der Waals surface area contributed by atoms with Crippen LogP contribution in [0.1, 0.15) is 26.3 Å². The van der Waals surface area contributed by atoms with Gasteiger partial charge < -0.3 is 10.1 Å². The van der Waals surface area contributed by atoms with Gasteiger partial charge in [-0.15, -0.1) is 0 Å². The van der Waals surface area contributed by atoms with Crippen LogP contribution in [-0.2, 0) is 6.54 Å². The van der Waals surface area contributed by atoms with E-state index >= 15 is 0 Å². The van der Waals surface area contributed by atoms with Crippen LogP contribution in [0.5, 0.6) is 11.5 Å². The van der Waals surface area contributed by atoms with Gasteiger partial charge in [-0.25, -0.2) is 0 Å². The highest BCUT2D eigenvalue weighted by Crippen LogP contribution is 2.35. The van der Waals surface area contributed by atoms with Crippen LogP contribution in [0.3, 0.4) is 0 Å². The van der Waals surface area contributed by atoms with Gasteiger partial charge in [-0.2, -0.15) is 0 Å². The van der Waals surface area contributed by atoms with Gasteiger partial charge >= 0.3 is 0 Å². The number of benzene rings is 1. The van der Waals surface area contributed by atoms with E-state index in [0.29, 0.717) is 28.1 Å². The summed E-state index contributed by atoms with van der Waals surface area (Å²) in [5, 5.41) is 4.29. The van der Waals surface area contributed by atoms with Crippen molar-refractivity contribution in [2.45, 2.75) is 32.9 Å². The number of pyridine rings is 1. The van der Waals surface area contributed by atoms with Crippen molar-refractivity contribution < 1.29 is 4.74 Å². The molecule has 0 saturated heterocycles.